The van der Waals surface area contributed by atoms with Crippen molar-refractivity contribution in [2.45, 2.75) is 253 Å². The van der Waals surface area contributed by atoms with E-state index in [1.54, 1.807) is 0 Å². The zero-order chi connectivity index (χ0) is 57.1. The molecule has 4 aliphatic heterocycles. The lowest BCUT2D eigenvalue weighted by molar-refractivity contribution is -0.391. The molecular formula is C54H92O24. The number of hydrogen-bond acceptors (Lipinski definition) is 24. The van der Waals surface area contributed by atoms with E-state index in [-0.39, 0.29) is 40.4 Å². The van der Waals surface area contributed by atoms with E-state index in [1.165, 1.54) is 0 Å². The Morgan fingerprint density at radius 1 is 0.487 bits per heavy atom. The molecule has 2 spiro atoms. The molecule has 5 aliphatic carbocycles. The van der Waals surface area contributed by atoms with Crippen LogP contribution in [0.1, 0.15) is 106 Å². The van der Waals surface area contributed by atoms with Crippen LogP contribution in [0.2, 0.25) is 0 Å². The van der Waals surface area contributed by atoms with Crippen molar-refractivity contribution >= 4 is 0 Å². The molecule has 78 heavy (non-hydrogen) atoms. The third kappa shape index (κ3) is 9.78. The van der Waals surface area contributed by atoms with Crippen LogP contribution < -0.4 is 0 Å². The first-order chi connectivity index (χ1) is 36.6. The van der Waals surface area contributed by atoms with Gasteiger partial charge < -0.3 is 120 Å². The van der Waals surface area contributed by atoms with Crippen molar-refractivity contribution in [2.75, 3.05) is 26.4 Å². The lowest BCUT2D eigenvalue weighted by Gasteiger charge is -2.64. The van der Waals surface area contributed by atoms with Gasteiger partial charge in [-0.3, -0.25) is 0 Å². The summed E-state index contributed by atoms with van der Waals surface area (Å²) in [7, 11) is 0. The van der Waals surface area contributed by atoms with Gasteiger partial charge in [-0.25, -0.2) is 0 Å². The monoisotopic (exact) mass is 1120 g/mol. The van der Waals surface area contributed by atoms with E-state index in [1.807, 2.05) is 13.8 Å². The highest BCUT2D eigenvalue weighted by atomic mass is 16.8. The van der Waals surface area contributed by atoms with E-state index in [0.717, 1.165) is 25.7 Å². The summed E-state index contributed by atoms with van der Waals surface area (Å²) in [4.78, 5) is 0. The number of aliphatic hydroxyl groups is 16. The summed E-state index contributed by atoms with van der Waals surface area (Å²) < 4.78 is 48.2. The minimum atomic E-state index is -1.97. The van der Waals surface area contributed by atoms with Crippen LogP contribution in [0.25, 0.3) is 0 Å². The second-order valence-electron chi connectivity index (χ2n) is 26.4. The molecule has 2 unspecified atom stereocenters. The van der Waals surface area contributed by atoms with Crippen LogP contribution in [0.5, 0.6) is 0 Å². The van der Waals surface area contributed by atoms with E-state index in [4.69, 9.17) is 37.9 Å². The molecule has 0 bridgehead atoms. The Kier molecular flexibility index (Phi) is 18.0. The first-order valence-corrected chi connectivity index (χ1v) is 28.5. The smallest absolute Gasteiger partial charge is 0.187 e. The van der Waals surface area contributed by atoms with Gasteiger partial charge in [0.2, 0.25) is 0 Å². The molecule has 9 rings (SSSR count). The maximum atomic E-state index is 12.8. The number of ether oxygens (including phenoxy) is 8. The standard InChI is InChI=1S/C54H92O24/c1-21(2)24(71-46-41(68)38(65)34(61)25(16-55)72-46)9-8-22(3)33-23(59)14-51(6)30-11-10-29-50(4,5)32(12-13-53(29)20-54(30,53)15-31(60)52(33,51)7)76-49-45(40(67)36(63)27(18-57)75-49)78-48-43(70)44(37(64)28(19-58)74-48)77-47-42(69)39(66)35(62)26(17-56)73-47/h21-49,55-70H,8-20H2,1-7H3/t22-,23+,24?,25-,26-,27-,28-,29+,30+,31?,32+,33+,34-,35-,36-,37-,38+,39+,40+,41-,42-,43-,44+,45-,46-,47+,48+,49+,51+,52-,53-,54+/m1/s1. The number of aliphatic hydroxyl groups excluding tert-OH is 16. The molecule has 16 N–H and O–H groups in total. The van der Waals surface area contributed by atoms with Gasteiger partial charge in [-0.15, -0.1) is 0 Å². The zero-order valence-electron chi connectivity index (χ0n) is 45.9. The third-order valence-corrected chi connectivity index (χ3v) is 21.9. The Morgan fingerprint density at radius 2 is 0.987 bits per heavy atom. The molecular weight excluding hydrogens is 1030 g/mol. The predicted molar refractivity (Wildman–Crippen MR) is 265 cm³/mol. The fourth-order valence-corrected chi connectivity index (χ4v) is 17.5. The molecule has 9 aliphatic rings. The van der Waals surface area contributed by atoms with Gasteiger partial charge in [0.05, 0.1) is 50.8 Å². The molecule has 0 aromatic heterocycles. The summed E-state index contributed by atoms with van der Waals surface area (Å²) in [6.07, 6.45) is -29.0. The summed E-state index contributed by atoms with van der Waals surface area (Å²) in [5.74, 6) is -0.0921. The lowest BCUT2D eigenvalue weighted by Crippen LogP contribution is -2.67. The van der Waals surface area contributed by atoms with Crippen molar-refractivity contribution in [1.82, 2.24) is 0 Å². The van der Waals surface area contributed by atoms with Crippen molar-refractivity contribution in [2.24, 2.45) is 56.7 Å². The molecule has 4 saturated heterocycles. The number of fused-ring (bicyclic) bond motifs is 2. The molecule has 0 radical (unpaired) electrons. The largest absolute Gasteiger partial charge is 0.394 e. The van der Waals surface area contributed by atoms with Crippen LogP contribution in [0.4, 0.5) is 0 Å². The first-order valence-electron chi connectivity index (χ1n) is 28.5. The minimum Gasteiger partial charge on any atom is -0.394 e. The predicted octanol–water partition coefficient (Wildman–Crippen LogP) is -3.54. The maximum Gasteiger partial charge on any atom is 0.187 e. The molecule has 24 nitrogen and oxygen atoms in total. The second kappa shape index (κ2) is 22.8. The van der Waals surface area contributed by atoms with Crippen molar-refractivity contribution in [3.63, 3.8) is 0 Å². The fraction of sp³-hybridized carbons (Fsp3) is 1.00. The lowest BCUT2D eigenvalue weighted by atomic mass is 9.41. The van der Waals surface area contributed by atoms with Gasteiger partial charge in [-0.2, -0.15) is 0 Å². The van der Waals surface area contributed by atoms with E-state index in [9.17, 15) is 81.7 Å². The van der Waals surface area contributed by atoms with Gasteiger partial charge in [-0.05, 0) is 109 Å². The summed E-state index contributed by atoms with van der Waals surface area (Å²) >= 11 is 0. The van der Waals surface area contributed by atoms with E-state index >= 15 is 0 Å². The molecule has 24 heteroatoms. The molecule has 4 heterocycles. The molecule has 452 valence electrons. The average molecular weight is 1130 g/mol. The van der Waals surface area contributed by atoms with Crippen molar-refractivity contribution in [3.05, 3.63) is 0 Å². The fourth-order valence-electron chi connectivity index (χ4n) is 17.5. The minimum absolute atomic E-state index is 0.0413. The van der Waals surface area contributed by atoms with Gasteiger partial charge in [0, 0.05) is 5.41 Å². The molecule has 9 fully saturated rings. The molecule has 32 atom stereocenters. The van der Waals surface area contributed by atoms with Gasteiger partial charge in [0.1, 0.15) is 97.7 Å². The van der Waals surface area contributed by atoms with Gasteiger partial charge in [-0.1, -0.05) is 48.5 Å². The van der Waals surface area contributed by atoms with Crippen LogP contribution in [-0.2, 0) is 37.9 Å². The van der Waals surface area contributed by atoms with Crippen molar-refractivity contribution < 1.29 is 120 Å². The Labute approximate surface area is 455 Å². The van der Waals surface area contributed by atoms with Gasteiger partial charge >= 0.3 is 0 Å². The van der Waals surface area contributed by atoms with Crippen LogP contribution in [0.3, 0.4) is 0 Å². The molecule has 0 aromatic carbocycles. The first kappa shape index (κ1) is 61.6. The molecule has 0 aromatic rings. The topological polar surface area (TPSA) is 398 Å². The highest BCUT2D eigenvalue weighted by Crippen LogP contribution is 2.89. The van der Waals surface area contributed by atoms with E-state index in [0.29, 0.717) is 32.1 Å². The van der Waals surface area contributed by atoms with Crippen LogP contribution >= 0.6 is 0 Å². The van der Waals surface area contributed by atoms with Crippen molar-refractivity contribution in [1.29, 1.82) is 0 Å². The third-order valence-electron chi connectivity index (χ3n) is 21.9. The van der Waals surface area contributed by atoms with Crippen LogP contribution in [0.15, 0.2) is 0 Å². The SMILES string of the molecule is CC(C)C(CC[C@@H](C)[C@H]1[C@@H](O)C[C@@]2(C)[C@@H]3CC[C@H]4C(C)(C)[C@@H](O[C@@H]5O[C@H](CO)[C@@H](O)[C@H](O)[C@H]5O[C@@H]5O[C@H](CO)[C@@H](O)[C@H](O[C@@H]6O[C@H](CO)[C@@H](O)[C@H](O)[C@H]6O)[C@H]5O)CC[C@@]45C[C@@]35CC(O)[C@]12C)O[C@@H]1O[C@H](CO)[C@@H](O)[C@H](O)[C@H]1O. The number of hydrogen-bond donors (Lipinski definition) is 16. The Hall–Kier alpha value is -0.960. The summed E-state index contributed by atoms with van der Waals surface area (Å²) in [6, 6.07) is 0. The molecule has 5 saturated carbocycles. The highest BCUT2D eigenvalue weighted by molar-refractivity contribution is 5.33. The van der Waals surface area contributed by atoms with Crippen molar-refractivity contribution in [3.8, 4) is 0 Å². The summed E-state index contributed by atoms with van der Waals surface area (Å²) in [6.45, 7) is 11.8. The molecule has 0 amide bonds. The Bertz CT molecular complexity index is 2020. The van der Waals surface area contributed by atoms with Gasteiger partial charge in [0.15, 0.2) is 25.2 Å². The summed E-state index contributed by atoms with van der Waals surface area (Å²) in [5.41, 5.74) is -2.06. The zero-order valence-corrected chi connectivity index (χ0v) is 45.9. The number of rotatable bonds is 17. The second-order valence-corrected chi connectivity index (χ2v) is 26.4. The normalized spacial score (nSPS) is 54.6. The maximum absolute atomic E-state index is 12.8. The quantitative estimate of drug-likeness (QED) is 0.0627. The van der Waals surface area contributed by atoms with E-state index < -0.39 is 190 Å². The van der Waals surface area contributed by atoms with Gasteiger partial charge in [0.25, 0.3) is 0 Å². The average Bonchev–Trinajstić information content (AvgIpc) is 2.09. The summed E-state index contributed by atoms with van der Waals surface area (Å²) in [5, 5.41) is 174. The Balaban J connectivity index is 0.893. The van der Waals surface area contributed by atoms with Crippen LogP contribution in [0, 0.1) is 56.7 Å². The van der Waals surface area contributed by atoms with E-state index in [2.05, 4.69) is 34.6 Å². The van der Waals surface area contributed by atoms with Crippen LogP contribution in [-0.4, -0.2) is 255 Å². The Morgan fingerprint density at radius 3 is 1.56 bits per heavy atom. The highest BCUT2D eigenvalue weighted by Gasteiger charge is 2.84.